The first-order valence-corrected chi connectivity index (χ1v) is 11.1. The Hall–Kier alpha value is -3.09. The van der Waals surface area contributed by atoms with Gasteiger partial charge in [-0.3, -0.25) is 9.59 Å². The van der Waals surface area contributed by atoms with Gasteiger partial charge in [0.25, 0.3) is 0 Å². The lowest BCUT2D eigenvalue weighted by Gasteiger charge is -2.38. The highest BCUT2D eigenvalue weighted by Gasteiger charge is 2.47. The maximum Gasteiger partial charge on any atom is 0.336 e. The van der Waals surface area contributed by atoms with Crippen molar-refractivity contribution >= 4 is 17.7 Å². The van der Waals surface area contributed by atoms with E-state index in [4.69, 9.17) is 14.2 Å². The molecule has 0 bridgehead atoms. The van der Waals surface area contributed by atoms with Gasteiger partial charge < -0.3 is 19.5 Å². The molecule has 7 nitrogen and oxygen atoms in total. The summed E-state index contributed by atoms with van der Waals surface area (Å²) in [5.74, 6) is -2.51. The Balaban J connectivity index is 2.16. The van der Waals surface area contributed by atoms with Crippen molar-refractivity contribution in [2.24, 2.45) is 11.8 Å². The van der Waals surface area contributed by atoms with Gasteiger partial charge in [0.15, 0.2) is 5.78 Å². The van der Waals surface area contributed by atoms with Gasteiger partial charge in [-0.15, -0.1) is 0 Å². The molecule has 0 spiro atoms. The number of esters is 2. The number of nitrogens with one attached hydrogen (secondary N) is 1. The highest BCUT2D eigenvalue weighted by molar-refractivity contribution is 6.12. The lowest BCUT2D eigenvalue weighted by Crippen LogP contribution is -2.43. The van der Waals surface area contributed by atoms with E-state index >= 15 is 0 Å². The van der Waals surface area contributed by atoms with Gasteiger partial charge in [0.1, 0.15) is 11.7 Å². The summed E-state index contributed by atoms with van der Waals surface area (Å²) in [6.07, 6.45) is 1.18. The van der Waals surface area contributed by atoms with Crippen molar-refractivity contribution in [3.63, 3.8) is 0 Å². The largest absolute Gasteiger partial charge is 0.494 e. The summed E-state index contributed by atoms with van der Waals surface area (Å²) in [6.45, 7) is 8.26. The number of dihydropyridines is 1. The number of ketones is 1. The third-order valence-electron chi connectivity index (χ3n) is 5.90. The van der Waals surface area contributed by atoms with Gasteiger partial charge in [-0.25, -0.2) is 4.79 Å². The van der Waals surface area contributed by atoms with Crippen molar-refractivity contribution in [2.45, 2.75) is 46.5 Å². The number of Topliss-reactive ketones (excluding diaryl/α,β-unsaturated/α-hetero) is 1. The van der Waals surface area contributed by atoms with E-state index in [9.17, 15) is 14.4 Å². The maximum absolute atomic E-state index is 13.6. The standard InChI is InChI=1S/C25H31NO6/c1-6-11-32-25(29)20-15(4)26-18-12-14(3)19(24(28)30-5)23(27)22(18)21(20)16-9-8-10-17(13-16)31-7-2/h8-10,13-14,19,21,26H,6-7,11-12H2,1-5H3. The van der Waals surface area contributed by atoms with Gasteiger partial charge >= 0.3 is 11.9 Å². The molecule has 0 amide bonds. The number of benzene rings is 1. The van der Waals surface area contributed by atoms with E-state index in [-0.39, 0.29) is 18.3 Å². The summed E-state index contributed by atoms with van der Waals surface area (Å²) in [5, 5.41) is 3.26. The van der Waals surface area contributed by atoms with E-state index in [1.54, 1.807) is 0 Å². The Labute approximate surface area is 188 Å². The predicted molar refractivity (Wildman–Crippen MR) is 119 cm³/mol. The fourth-order valence-corrected chi connectivity index (χ4v) is 4.51. The molecule has 1 aliphatic heterocycles. The van der Waals surface area contributed by atoms with Crippen LogP contribution in [0.2, 0.25) is 0 Å². The predicted octanol–water partition coefficient (Wildman–Crippen LogP) is 3.65. The van der Waals surface area contributed by atoms with Gasteiger partial charge in [0, 0.05) is 22.9 Å². The summed E-state index contributed by atoms with van der Waals surface area (Å²) < 4.78 is 16.1. The molecule has 1 aromatic rings. The second kappa shape index (κ2) is 10.0. The highest BCUT2D eigenvalue weighted by atomic mass is 16.5. The average Bonchev–Trinajstić information content (AvgIpc) is 2.76. The molecule has 1 aromatic carbocycles. The van der Waals surface area contributed by atoms with Crippen molar-refractivity contribution in [1.29, 1.82) is 0 Å². The van der Waals surface area contributed by atoms with Gasteiger partial charge in [-0.2, -0.15) is 0 Å². The number of hydrogen-bond acceptors (Lipinski definition) is 7. The van der Waals surface area contributed by atoms with Crippen molar-refractivity contribution in [3.05, 3.63) is 52.4 Å². The summed E-state index contributed by atoms with van der Waals surface area (Å²) >= 11 is 0. The van der Waals surface area contributed by atoms with Crippen LogP contribution < -0.4 is 10.1 Å². The second-order valence-corrected chi connectivity index (χ2v) is 8.18. The molecule has 0 saturated heterocycles. The van der Waals surface area contributed by atoms with E-state index < -0.39 is 23.8 Å². The lowest BCUT2D eigenvalue weighted by atomic mass is 9.69. The molecular weight excluding hydrogens is 410 g/mol. The molecule has 0 aromatic heterocycles. The smallest absolute Gasteiger partial charge is 0.336 e. The fraction of sp³-hybridized carbons (Fsp3) is 0.480. The topological polar surface area (TPSA) is 90.9 Å². The van der Waals surface area contributed by atoms with Crippen LogP contribution in [0, 0.1) is 11.8 Å². The number of hydrogen-bond donors (Lipinski definition) is 1. The first-order valence-electron chi connectivity index (χ1n) is 11.1. The summed E-state index contributed by atoms with van der Waals surface area (Å²) in [7, 11) is 1.28. The van der Waals surface area contributed by atoms with Gasteiger partial charge in [0.2, 0.25) is 0 Å². The molecule has 0 radical (unpaired) electrons. The van der Waals surface area contributed by atoms with Crippen LogP contribution in [0.15, 0.2) is 46.8 Å². The van der Waals surface area contributed by atoms with Crippen molar-refractivity contribution in [2.75, 3.05) is 20.3 Å². The lowest BCUT2D eigenvalue weighted by molar-refractivity contribution is -0.151. The molecule has 3 rings (SSSR count). The molecule has 1 heterocycles. The van der Waals surface area contributed by atoms with Gasteiger partial charge in [-0.1, -0.05) is 26.0 Å². The molecule has 32 heavy (non-hydrogen) atoms. The second-order valence-electron chi connectivity index (χ2n) is 8.18. The molecule has 172 valence electrons. The van der Waals surface area contributed by atoms with Crippen molar-refractivity contribution < 1.29 is 28.6 Å². The SMILES string of the molecule is CCCOC(=O)C1=C(C)NC2=C(C(=O)C(C(=O)OC)C(C)C2)C1c1cccc(OCC)c1. The molecule has 3 unspecified atom stereocenters. The van der Waals surface area contributed by atoms with Crippen LogP contribution in [0.5, 0.6) is 5.75 Å². The van der Waals surface area contributed by atoms with E-state index in [2.05, 4.69) is 5.32 Å². The van der Waals surface area contributed by atoms with Crippen LogP contribution in [-0.4, -0.2) is 38.0 Å². The Kier molecular flexibility index (Phi) is 7.38. The summed E-state index contributed by atoms with van der Waals surface area (Å²) in [4.78, 5) is 39.2. The zero-order valence-electron chi connectivity index (χ0n) is 19.3. The first kappa shape index (κ1) is 23.6. The van der Waals surface area contributed by atoms with Crippen LogP contribution in [0.1, 0.15) is 52.0 Å². The molecular formula is C25H31NO6. The first-order chi connectivity index (χ1) is 15.3. The zero-order chi connectivity index (χ0) is 23.4. The Morgan fingerprint density at radius 2 is 1.97 bits per heavy atom. The number of allylic oxidation sites excluding steroid dienone is 3. The molecule has 3 atom stereocenters. The summed E-state index contributed by atoms with van der Waals surface area (Å²) in [6, 6.07) is 7.36. The zero-order valence-corrected chi connectivity index (χ0v) is 19.3. The number of ether oxygens (including phenoxy) is 3. The molecule has 2 aliphatic rings. The highest BCUT2D eigenvalue weighted by Crippen LogP contribution is 2.45. The van der Waals surface area contributed by atoms with Crippen molar-refractivity contribution in [1.82, 2.24) is 5.32 Å². The molecule has 0 fully saturated rings. The van der Waals surface area contributed by atoms with E-state index in [0.29, 0.717) is 42.0 Å². The molecule has 1 aliphatic carbocycles. The minimum atomic E-state index is -0.913. The molecule has 1 N–H and O–H groups in total. The van der Waals surface area contributed by atoms with Crippen LogP contribution in [-0.2, 0) is 23.9 Å². The quantitative estimate of drug-likeness (QED) is 0.510. The van der Waals surface area contributed by atoms with Crippen LogP contribution in [0.4, 0.5) is 0 Å². The van der Waals surface area contributed by atoms with E-state index in [1.807, 2.05) is 52.0 Å². The average molecular weight is 442 g/mol. The van der Waals surface area contributed by atoms with E-state index in [0.717, 1.165) is 11.3 Å². The van der Waals surface area contributed by atoms with Gasteiger partial charge in [-0.05, 0) is 50.3 Å². The molecule has 0 saturated carbocycles. The van der Waals surface area contributed by atoms with E-state index in [1.165, 1.54) is 7.11 Å². The van der Waals surface area contributed by atoms with Crippen molar-refractivity contribution in [3.8, 4) is 5.75 Å². The maximum atomic E-state index is 13.6. The number of methoxy groups -OCH3 is 1. The number of carbonyl (C=O) groups is 3. The third kappa shape index (κ3) is 4.42. The Morgan fingerprint density at radius 3 is 2.62 bits per heavy atom. The normalized spacial score (nSPS) is 22.8. The third-order valence-corrected chi connectivity index (χ3v) is 5.90. The Morgan fingerprint density at radius 1 is 1.22 bits per heavy atom. The monoisotopic (exact) mass is 441 g/mol. The van der Waals surface area contributed by atoms with Crippen LogP contribution >= 0.6 is 0 Å². The number of rotatable bonds is 7. The fourth-order valence-electron chi connectivity index (χ4n) is 4.51. The number of carbonyl (C=O) groups excluding carboxylic acids is 3. The summed E-state index contributed by atoms with van der Waals surface area (Å²) in [5.41, 5.74) is 2.91. The minimum absolute atomic E-state index is 0.224. The Bertz CT molecular complexity index is 976. The van der Waals surface area contributed by atoms with Crippen LogP contribution in [0.25, 0.3) is 0 Å². The van der Waals surface area contributed by atoms with Gasteiger partial charge in [0.05, 0.1) is 25.9 Å². The van der Waals surface area contributed by atoms with Crippen LogP contribution in [0.3, 0.4) is 0 Å². The minimum Gasteiger partial charge on any atom is -0.494 e. The molecule has 7 heteroatoms.